The Balaban J connectivity index is 2.88. The molecule has 0 saturated heterocycles. The van der Waals surface area contributed by atoms with Gasteiger partial charge in [-0.15, -0.1) is 0 Å². The summed E-state index contributed by atoms with van der Waals surface area (Å²) in [6.45, 7) is 8.40. The zero-order chi connectivity index (χ0) is 15.1. The van der Waals surface area contributed by atoms with Crippen LogP contribution in [0.5, 0.6) is 5.75 Å². The van der Waals surface area contributed by atoms with Gasteiger partial charge in [-0.1, -0.05) is 26.0 Å². The number of carbonyl (C=O) groups excluding carboxylic acids is 1. The molecule has 0 amide bonds. The summed E-state index contributed by atoms with van der Waals surface area (Å²) in [4.78, 5) is 12.0. The smallest absolute Gasteiger partial charge is 0.312 e. The maximum Gasteiger partial charge on any atom is 0.312 e. The van der Waals surface area contributed by atoms with Crippen LogP contribution in [0.3, 0.4) is 0 Å². The Hall–Kier alpha value is -1.55. The van der Waals surface area contributed by atoms with Gasteiger partial charge in [-0.2, -0.15) is 0 Å². The second-order valence-electron chi connectivity index (χ2n) is 4.97. The topological polar surface area (TPSA) is 55.8 Å². The van der Waals surface area contributed by atoms with E-state index in [0.717, 1.165) is 5.75 Å². The minimum Gasteiger partial charge on any atom is -0.494 e. The summed E-state index contributed by atoms with van der Waals surface area (Å²) >= 11 is 0. The fraction of sp³-hybridized carbons (Fsp3) is 0.562. The molecule has 0 saturated carbocycles. The molecule has 1 aromatic carbocycles. The normalized spacial score (nSPS) is 13.9. The summed E-state index contributed by atoms with van der Waals surface area (Å²) in [5, 5.41) is 10.4. The van der Waals surface area contributed by atoms with Crippen LogP contribution in [0.25, 0.3) is 0 Å². The quantitative estimate of drug-likeness (QED) is 0.780. The molecule has 0 aliphatic rings. The number of benzene rings is 1. The number of aliphatic hydroxyl groups excluding tert-OH is 1. The first kappa shape index (κ1) is 16.5. The molecule has 0 aliphatic heterocycles. The van der Waals surface area contributed by atoms with E-state index >= 15 is 0 Å². The lowest BCUT2D eigenvalue weighted by Gasteiger charge is -2.24. The lowest BCUT2D eigenvalue weighted by atomic mass is 9.86. The second-order valence-corrected chi connectivity index (χ2v) is 4.97. The fourth-order valence-electron chi connectivity index (χ4n) is 2.14. The summed E-state index contributed by atoms with van der Waals surface area (Å²) in [6, 6.07) is 7.16. The second kappa shape index (κ2) is 7.90. The van der Waals surface area contributed by atoms with Crippen molar-refractivity contribution in [1.82, 2.24) is 0 Å². The van der Waals surface area contributed by atoms with Gasteiger partial charge in [0.25, 0.3) is 0 Å². The van der Waals surface area contributed by atoms with E-state index in [1.807, 2.05) is 20.8 Å². The first-order chi connectivity index (χ1) is 9.51. The SMILES string of the molecule is CCOC(=O)C(C(C)C)C(O)c1ccc(OCC)cc1. The Morgan fingerprint density at radius 3 is 2.20 bits per heavy atom. The van der Waals surface area contributed by atoms with Gasteiger partial charge < -0.3 is 14.6 Å². The molecule has 1 N–H and O–H groups in total. The third-order valence-electron chi connectivity index (χ3n) is 3.15. The maximum atomic E-state index is 12.0. The van der Waals surface area contributed by atoms with Crippen molar-refractivity contribution in [3.8, 4) is 5.75 Å². The van der Waals surface area contributed by atoms with E-state index in [9.17, 15) is 9.90 Å². The lowest BCUT2D eigenvalue weighted by molar-refractivity contribution is -0.154. The zero-order valence-electron chi connectivity index (χ0n) is 12.6. The van der Waals surface area contributed by atoms with Crippen molar-refractivity contribution < 1.29 is 19.4 Å². The summed E-state index contributed by atoms with van der Waals surface area (Å²) in [5.41, 5.74) is 0.695. The molecule has 0 spiro atoms. The van der Waals surface area contributed by atoms with Crippen LogP contribution in [0.2, 0.25) is 0 Å². The molecule has 20 heavy (non-hydrogen) atoms. The van der Waals surface area contributed by atoms with Gasteiger partial charge >= 0.3 is 5.97 Å². The van der Waals surface area contributed by atoms with Crippen molar-refractivity contribution in [2.75, 3.05) is 13.2 Å². The molecule has 0 fully saturated rings. The van der Waals surface area contributed by atoms with E-state index in [4.69, 9.17) is 9.47 Å². The van der Waals surface area contributed by atoms with Gasteiger partial charge in [0, 0.05) is 0 Å². The highest BCUT2D eigenvalue weighted by molar-refractivity contribution is 5.73. The number of ether oxygens (including phenoxy) is 2. The van der Waals surface area contributed by atoms with Crippen molar-refractivity contribution in [2.24, 2.45) is 11.8 Å². The van der Waals surface area contributed by atoms with Gasteiger partial charge in [-0.25, -0.2) is 0 Å². The highest BCUT2D eigenvalue weighted by Gasteiger charge is 2.32. The zero-order valence-corrected chi connectivity index (χ0v) is 12.6. The Morgan fingerprint density at radius 1 is 1.15 bits per heavy atom. The molecule has 1 rings (SSSR count). The molecule has 0 bridgehead atoms. The Morgan fingerprint density at radius 2 is 1.75 bits per heavy atom. The molecular formula is C16H24O4. The van der Waals surface area contributed by atoms with Gasteiger partial charge in [0.15, 0.2) is 0 Å². The Bertz CT molecular complexity index is 411. The van der Waals surface area contributed by atoms with E-state index in [0.29, 0.717) is 18.8 Å². The largest absolute Gasteiger partial charge is 0.494 e. The van der Waals surface area contributed by atoms with Gasteiger partial charge in [0.05, 0.1) is 25.2 Å². The highest BCUT2D eigenvalue weighted by Crippen LogP contribution is 2.30. The standard InChI is InChI=1S/C16H24O4/c1-5-19-13-9-7-12(8-10-13)15(17)14(11(3)4)16(18)20-6-2/h7-11,14-15,17H,5-6H2,1-4H3. The van der Waals surface area contributed by atoms with E-state index < -0.39 is 12.0 Å². The van der Waals surface area contributed by atoms with E-state index in [1.165, 1.54) is 0 Å². The Labute approximate surface area is 120 Å². The van der Waals surface area contributed by atoms with E-state index in [2.05, 4.69) is 0 Å². The molecule has 2 unspecified atom stereocenters. The predicted octanol–water partition coefficient (Wildman–Crippen LogP) is 2.95. The van der Waals surface area contributed by atoms with Crippen molar-refractivity contribution in [1.29, 1.82) is 0 Å². The third-order valence-corrected chi connectivity index (χ3v) is 3.15. The number of carbonyl (C=O) groups is 1. The van der Waals surface area contributed by atoms with E-state index in [-0.39, 0.29) is 11.9 Å². The summed E-state index contributed by atoms with van der Waals surface area (Å²) in [5.74, 6) is -0.173. The van der Waals surface area contributed by atoms with Crippen molar-refractivity contribution in [3.63, 3.8) is 0 Å². The van der Waals surface area contributed by atoms with Crippen LogP contribution in [-0.4, -0.2) is 24.3 Å². The fourth-order valence-corrected chi connectivity index (χ4v) is 2.14. The lowest BCUT2D eigenvalue weighted by Crippen LogP contribution is -2.29. The first-order valence-electron chi connectivity index (χ1n) is 7.08. The number of hydrogen-bond donors (Lipinski definition) is 1. The van der Waals surface area contributed by atoms with Crippen LogP contribution in [0, 0.1) is 11.8 Å². The third kappa shape index (κ3) is 4.23. The maximum absolute atomic E-state index is 12.0. The number of hydrogen-bond acceptors (Lipinski definition) is 4. The van der Waals surface area contributed by atoms with Crippen LogP contribution in [0.1, 0.15) is 39.4 Å². The minimum atomic E-state index is -0.871. The van der Waals surface area contributed by atoms with Gasteiger partial charge in [-0.05, 0) is 37.5 Å². The molecule has 0 aliphatic carbocycles. The van der Waals surface area contributed by atoms with Crippen LogP contribution in [0.15, 0.2) is 24.3 Å². The number of aliphatic hydroxyl groups is 1. The predicted molar refractivity (Wildman–Crippen MR) is 77.5 cm³/mol. The molecule has 0 radical (unpaired) electrons. The molecule has 4 nitrogen and oxygen atoms in total. The molecule has 2 atom stereocenters. The average molecular weight is 280 g/mol. The van der Waals surface area contributed by atoms with Crippen LogP contribution < -0.4 is 4.74 Å². The molecule has 112 valence electrons. The molecule has 1 aromatic rings. The molecular weight excluding hydrogens is 256 g/mol. The van der Waals surface area contributed by atoms with Crippen LogP contribution in [-0.2, 0) is 9.53 Å². The van der Waals surface area contributed by atoms with Crippen molar-refractivity contribution in [3.05, 3.63) is 29.8 Å². The van der Waals surface area contributed by atoms with Crippen molar-refractivity contribution in [2.45, 2.75) is 33.8 Å². The molecule has 4 heteroatoms. The van der Waals surface area contributed by atoms with Gasteiger partial charge in [-0.3, -0.25) is 4.79 Å². The summed E-state index contributed by atoms with van der Waals surface area (Å²) in [6.07, 6.45) is -0.871. The van der Waals surface area contributed by atoms with Crippen molar-refractivity contribution >= 4 is 5.97 Å². The van der Waals surface area contributed by atoms with Crippen LogP contribution >= 0.6 is 0 Å². The van der Waals surface area contributed by atoms with Gasteiger partial charge in [0.2, 0.25) is 0 Å². The Kier molecular flexibility index (Phi) is 6.52. The first-order valence-corrected chi connectivity index (χ1v) is 7.08. The summed E-state index contributed by atoms with van der Waals surface area (Å²) < 4.78 is 10.4. The molecule has 0 heterocycles. The monoisotopic (exact) mass is 280 g/mol. The number of esters is 1. The summed E-state index contributed by atoms with van der Waals surface area (Å²) in [7, 11) is 0. The van der Waals surface area contributed by atoms with E-state index in [1.54, 1.807) is 31.2 Å². The average Bonchev–Trinajstić information content (AvgIpc) is 2.40. The van der Waals surface area contributed by atoms with Gasteiger partial charge in [0.1, 0.15) is 5.75 Å². The minimum absolute atomic E-state index is 0.00406. The highest BCUT2D eigenvalue weighted by atomic mass is 16.5. The number of rotatable bonds is 7. The van der Waals surface area contributed by atoms with Crippen LogP contribution in [0.4, 0.5) is 0 Å². The molecule has 0 aromatic heterocycles.